The van der Waals surface area contributed by atoms with Crippen LogP contribution in [0.25, 0.3) is 0 Å². The van der Waals surface area contributed by atoms with Crippen molar-refractivity contribution in [2.45, 2.75) is 13.0 Å². The van der Waals surface area contributed by atoms with Crippen LogP contribution in [-0.2, 0) is 0 Å². The monoisotopic (exact) mass is 307 g/mol. The molecule has 1 atom stereocenters. The summed E-state index contributed by atoms with van der Waals surface area (Å²) in [6.07, 6.45) is 0. The SMILES string of the molecule is COc1cc(C(C)Nc2ccc(OC)c(Cl)c2)ccc1O. The highest BCUT2D eigenvalue weighted by Gasteiger charge is 2.10. The minimum absolute atomic E-state index is 0.0314. The zero-order valence-corrected chi connectivity index (χ0v) is 12.9. The topological polar surface area (TPSA) is 50.7 Å². The first kappa shape index (κ1) is 15.3. The van der Waals surface area contributed by atoms with Crippen LogP contribution < -0.4 is 14.8 Å². The lowest BCUT2D eigenvalue weighted by atomic mass is 10.1. The second-order valence-electron chi connectivity index (χ2n) is 4.65. The number of phenolic OH excluding ortho intramolecular Hbond substituents is 1. The van der Waals surface area contributed by atoms with Crippen molar-refractivity contribution < 1.29 is 14.6 Å². The van der Waals surface area contributed by atoms with Crippen LogP contribution in [0.15, 0.2) is 36.4 Å². The molecule has 0 saturated carbocycles. The Morgan fingerprint density at radius 1 is 1.05 bits per heavy atom. The summed E-state index contributed by atoms with van der Waals surface area (Å²) in [5, 5.41) is 13.5. The molecule has 0 aliphatic heterocycles. The van der Waals surface area contributed by atoms with Crippen LogP contribution in [0.1, 0.15) is 18.5 Å². The van der Waals surface area contributed by atoms with Crippen LogP contribution in [-0.4, -0.2) is 19.3 Å². The molecule has 0 heterocycles. The molecule has 0 fully saturated rings. The maximum Gasteiger partial charge on any atom is 0.160 e. The fourth-order valence-corrected chi connectivity index (χ4v) is 2.31. The fraction of sp³-hybridized carbons (Fsp3) is 0.250. The fourth-order valence-electron chi connectivity index (χ4n) is 2.05. The summed E-state index contributed by atoms with van der Waals surface area (Å²) < 4.78 is 10.2. The molecule has 0 aliphatic carbocycles. The zero-order valence-electron chi connectivity index (χ0n) is 12.2. The Labute approximate surface area is 129 Å². The summed E-state index contributed by atoms with van der Waals surface area (Å²) in [4.78, 5) is 0. The Balaban J connectivity index is 2.17. The molecular formula is C16H18ClNO3. The maximum absolute atomic E-state index is 9.62. The van der Waals surface area contributed by atoms with E-state index in [0.717, 1.165) is 11.3 Å². The molecule has 0 spiro atoms. The van der Waals surface area contributed by atoms with Crippen LogP contribution in [0.5, 0.6) is 17.2 Å². The first-order valence-electron chi connectivity index (χ1n) is 6.52. The number of ether oxygens (including phenoxy) is 2. The third kappa shape index (κ3) is 3.52. The highest BCUT2D eigenvalue weighted by atomic mass is 35.5. The van der Waals surface area contributed by atoms with Gasteiger partial charge in [-0.15, -0.1) is 0 Å². The van der Waals surface area contributed by atoms with Gasteiger partial charge in [-0.05, 0) is 42.8 Å². The van der Waals surface area contributed by atoms with Gasteiger partial charge in [0.1, 0.15) is 5.75 Å². The third-order valence-electron chi connectivity index (χ3n) is 3.24. The number of rotatable bonds is 5. The minimum atomic E-state index is 0.0314. The number of nitrogens with one attached hydrogen (secondary N) is 1. The lowest BCUT2D eigenvalue weighted by molar-refractivity contribution is 0.373. The first-order valence-corrected chi connectivity index (χ1v) is 6.90. The van der Waals surface area contributed by atoms with Crippen LogP contribution in [0, 0.1) is 0 Å². The Bertz CT molecular complexity index is 631. The molecule has 1 unspecified atom stereocenters. The zero-order chi connectivity index (χ0) is 15.4. The predicted molar refractivity (Wildman–Crippen MR) is 84.7 cm³/mol. The van der Waals surface area contributed by atoms with Crippen molar-refractivity contribution in [1.82, 2.24) is 0 Å². The molecule has 4 nitrogen and oxygen atoms in total. The number of halogens is 1. The Kier molecular flexibility index (Phi) is 4.81. The van der Waals surface area contributed by atoms with E-state index < -0.39 is 0 Å². The van der Waals surface area contributed by atoms with E-state index in [0.29, 0.717) is 16.5 Å². The quantitative estimate of drug-likeness (QED) is 0.867. The molecule has 2 rings (SSSR count). The van der Waals surface area contributed by atoms with E-state index in [1.54, 1.807) is 19.2 Å². The van der Waals surface area contributed by atoms with Gasteiger partial charge in [0.2, 0.25) is 0 Å². The molecule has 0 saturated heterocycles. The number of phenols is 1. The van der Waals surface area contributed by atoms with E-state index >= 15 is 0 Å². The van der Waals surface area contributed by atoms with E-state index in [2.05, 4.69) is 5.32 Å². The average Bonchev–Trinajstić information content (AvgIpc) is 2.48. The highest BCUT2D eigenvalue weighted by Crippen LogP contribution is 2.32. The lowest BCUT2D eigenvalue weighted by Gasteiger charge is -2.17. The molecule has 112 valence electrons. The number of methoxy groups -OCH3 is 2. The Hall–Kier alpha value is -2.07. The number of benzene rings is 2. The molecule has 0 amide bonds. The molecule has 0 aliphatic rings. The van der Waals surface area contributed by atoms with E-state index in [-0.39, 0.29) is 11.8 Å². The molecule has 2 aromatic carbocycles. The van der Waals surface area contributed by atoms with Gasteiger partial charge in [-0.25, -0.2) is 0 Å². The summed E-state index contributed by atoms with van der Waals surface area (Å²) in [6, 6.07) is 10.8. The van der Waals surface area contributed by atoms with Crippen LogP contribution in [0.3, 0.4) is 0 Å². The van der Waals surface area contributed by atoms with Gasteiger partial charge >= 0.3 is 0 Å². The Morgan fingerprint density at radius 3 is 2.38 bits per heavy atom. The van der Waals surface area contributed by atoms with Crippen molar-refractivity contribution in [3.8, 4) is 17.2 Å². The largest absolute Gasteiger partial charge is 0.504 e. The molecular weight excluding hydrogens is 290 g/mol. The molecule has 0 bridgehead atoms. The van der Waals surface area contributed by atoms with Gasteiger partial charge in [-0.2, -0.15) is 0 Å². The van der Waals surface area contributed by atoms with Gasteiger partial charge in [0.25, 0.3) is 0 Å². The average molecular weight is 308 g/mol. The molecule has 0 radical (unpaired) electrons. The van der Waals surface area contributed by atoms with E-state index in [1.165, 1.54) is 7.11 Å². The number of anilines is 1. The second-order valence-corrected chi connectivity index (χ2v) is 5.05. The van der Waals surface area contributed by atoms with E-state index in [9.17, 15) is 5.11 Å². The van der Waals surface area contributed by atoms with Crippen molar-refractivity contribution >= 4 is 17.3 Å². The minimum Gasteiger partial charge on any atom is -0.504 e. The summed E-state index contributed by atoms with van der Waals surface area (Å²) in [6.45, 7) is 2.02. The standard InChI is InChI=1S/C16H18ClNO3/c1-10(11-4-6-14(19)16(8-11)21-3)18-12-5-7-15(20-2)13(17)9-12/h4-10,18-19H,1-3H3. The lowest BCUT2D eigenvalue weighted by Crippen LogP contribution is -2.06. The van der Waals surface area contributed by atoms with Gasteiger partial charge < -0.3 is 19.9 Å². The number of hydrogen-bond acceptors (Lipinski definition) is 4. The van der Waals surface area contributed by atoms with Crippen LogP contribution >= 0.6 is 11.6 Å². The normalized spacial score (nSPS) is 11.8. The Morgan fingerprint density at radius 2 is 1.76 bits per heavy atom. The third-order valence-corrected chi connectivity index (χ3v) is 3.53. The molecule has 0 aromatic heterocycles. The van der Waals surface area contributed by atoms with Crippen molar-refractivity contribution in [1.29, 1.82) is 0 Å². The van der Waals surface area contributed by atoms with E-state index in [1.807, 2.05) is 31.2 Å². The van der Waals surface area contributed by atoms with Crippen LogP contribution in [0.4, 0.5) is 5.69 Å². The first-order chi connectivity index (χ1) is 10.0. The van der Waals surface area contributed by atoms with Crippen molar-refractivity contribution in [3.05, 3.63) is 47.0 Å². The molecule has 2 aromatic rings. The van der Waals surface area contributed by atoms with Gasteiger partial charge in [-0.3, -0.25) is 0 Å². The van der Waals surface area contributed by atoms with Gasteiger partial charge in [0.05, 0.1) is 19.2 Å². The van der Waals surface area contributed by atoms with Crippen molar-refractivity contribution in [2.75, 3.05) is 19.5 Å². The molecule has 5 heteroatoms. The second kappa shape index (κ2) is 6.59. The maximum atomic E-state index is 9.62. The summed E-state index contributed by atoms with van der Waals surface area (Å²) >= 11 is 6.11. The molecule has 21 heavy (non-hydrogen) atoms. The summed E-state index contributed by atoms with van der Waals surface area (Å²) in [7, 11) is 3.11. The number of aromatic hydroxyl groups is 1. The number of hydrogen-bond donors (Lipinski definition) is 2. The van der Waals surface area contributed by atoms with Crippen molar-refractivity contribution in [3.63, 3.8) is 0 Å². The van der Waals surface area contributed by atoms with Crippen molar-refractivity contribution in [2.24, 2.45) is 0 Å². The predicted octanol–water partition coefficient (Wildman–Crippen LogP) is 4.24. The van der Waals surface area contributed by atoms with E-state index in [4.69, 9.17) is 21.1 Å². The van der Waals surface area contributed by atoms with Crippen LogP contribution in [0.2, 0.25) is 5.02 Å². The molecule has 2 N–H and O–H groups in total. The smallest absolute Gasteiger partial charge is 0.160 e. The highest BCUT2D eigenvalue weighted by molar-refractivity contribution is 6.32. The summed E-state index contributed by atoms with van der Waals surface area (Å²) in [5.74, 6) is 1.22. The van der Waals surface area contributed by atoms with Gasteiger partial charge in [0, 0.05) is 11.7 Å². The van der Waals surface area contributed by atoms with Gasteiger partial charge in [-0.1, -0.05) is 17.7 Å². The van der Waals surface area contributed by atoms with Gasteiger partial charge in [0.15, 0.2) is 11.5 Å². The summed E-state index contributed by atoms with van der Waals surface area (Å²) in [5.41, 5.74) is 1.89.